The van der Waals surface area contributed by atoms with Crippen molar-refractivity contribution in [1.29, 1.82) is 0 Å². The highest BCUT2D eigenvalue weighted by atomic mass is 19.5. The summed E-state index contributed by atoms with van der Waals surface area (Å²) in [5.74, 6) is -58.8. The summed E-state index contributed by atoms with van der Waals surface area (Å²) in [5.41, 5.74) is 0. The molecule has 39 heteroatoms. The Morgan fingerprint density at radius 1 is 0.250 bits per heavy atom. The molecular formula is C17F34O5. The average molecular weight is 930 g/mol. The first-order valence-corrected chi connectivity index (χ1v) is 11.3. The van der Waals surface area contributed by atoms with Gasteiger partial charge in [-0.2, -0.15) is 149 Å². The largest absolute Gasteiger partial charge is 0.462 e. The van der Waals surface area contributed by atoms with Gasteiger partial charge in [0.2, 0.25) is 0 Å². The molecule has 0 saturated heterocycles. The fourth-order valence-electron chi connectivity index (χ4n) is 2.42. The van der Waals surface area contributed by atoms with Gasteiger partial charge in [0.25, 0.3) is 5.78 Å². The molecule has 0 rings (SSSR count). The van der Waals surface area contributed by atoms with Crippen LogP contribution in [-0.4, -0.2) is 103 Å². The lowest BCUT2D eigenvalue weighted by Gasteiger charge is -2.40. The van der Waals surface area contributed by atoms with E-state index in [0.717, 1.165) is 18.9 Å². The Hall–Kier alpha value is -2.87. The molecule has 2 atom stereocenters. The van der Waals surface area contributed by atoms with Crippen molar-refractivity contribution >= 4 is 5.78 Å². The van der Waals surface area contributed by atoms with E-state index in [4.69, 9.17) is 0 Å². The number of halogens is 34. The van der Waals surface area contributed by atoms with Crippen LogP contribution in [0.1, 0.15) is 0 Å². The van der Waals surface area contributed by atoms with Crippen LogP contribution in [0.5, 0.6) is 0 Å². The number of carbonyl (C=O) groups excluding carboxylic acids is 1. The van der Waals surface area contributed by atoms with Gasteiger partial charge in [0.05, 0.1) is 0 Å². The second-order valence-corrected chi connectivity index (χ2v) is 9.32. The van der Waals surface area contributed by atoms with E-state index in [2.05, 4.69) is 0 Å². The van der Waals surface area contributed by atoms with Crippen molar-refractivity contribution < 1.29 is 173 Å². The Kier molecular flexibility index (Phi) is 12.9. The first kappa shape index (κ1) is 53.1. The molecule has 0 aliphatic heterocycles. The molecule has 0 N–H and O–H groups in total. The van der Waals surface area contributed by atoms with Crippen molar-refractivity contribution in [3.05, 3.63) is 0 Å². The lowest BCUT2D eigenvalue weighted by atomic mass is 10.1. The molecule has 336 valence electrons. The van der Waals surface area contributed by atoms with Gasteiger partial charge in [-0.05, 0) is 0 Å². The monoisotopic (exact) mass is 930 g/mol. The molecule has 0 bridgehead atoms. The van der Waals surface area contributed by atoms with E-state index >= 15 is 0 Å². The summed E-state index contributed by atoms with van der Waals surface area (Å²) >= 11 is 0. The van der Waals surface area contributed by atoms with Crippen LogP contribution < -0.4 is 0 Å². The Morgan fingerprint density at radius 2 is 0.446 bits per heavy atom. The van der Waals surface area contributed by atoms with Crippen molar-refractivity contribution in [3.8, 4) is 0 Å². The van der Waals surface area contributed by atoms with E-state index in [1.165, 1.54) is 0 Å². The van der Waals surface area contributed by atoms with Crippen molar-refractivity contribution in [1.82, 2.24) is 0 Å². The maximum Gasteiger partial charge on any atom is 0.462 e. The van der Waals surface area contributed by atoms with Crippen molar-refractivity contribution in [3.63, 3.8) is 0 Å². The number of hydrogen-bond acceptors (Lipinski definition) is 5. The molecule has 0 aromatic rings. The SMILES string of the molecule is O=C(C(F)(F)C(F)(F)OC(F)(F)C(F)(OC(F)(F)C(F)(F)C(F)(F)F)C(F)(F)F)C(F)(F)C(F)(F)OC(F)(F)C(F)(OC(F)(F)C(F)(F)C(F)(F)F)C(F)(F)F. The molecule has 5 nitrogen and oxygen atoms in total. The van der Waals surface area contributed by atoms with E-state index in [1.807, 2.05) is 0 Å². The molecule has 0 aliphatic rings. The summed E-state index contributed by atoms with van der Waals surface area (Å²) in [6.45, 7) is 0. The second-order valence-electron chi connectivity index (χ2n) is 9.32. The molecule has 2 unspecified atom stereocenters. The van der Waals surface area contributed by atoms with Crippen molar-refractivity contribution in [2.75, 3.05) is 0 Å². The molecule has 0 radical (unpaired) electrons. The summed E-state index contributed by atoms with van der Waals surface area (Å²) in [6.07, 6.45) is -86.2. The number of alkyl halides is 34. The molecule has 0 aromatic carbocycles. The number of ether oxygens (including phenoxy) is 4. The Morgan fingerprint density at radius 3 is 0.607 bits per heavy atom. The van der Waals surface area contributed by atoms with Gasteiger partial charge in [0.15, 0.2) is 0 Å². The summed E-state index contributed by atoms with van der Waals surface area (Å²) < 4.78 is 449. The van der Waals surface area contributed by atoms with Crippen molar-refractivity contribution in [2.45, 2.75) is 96.8 Å². The van der Waals surface area contributed by atoms with Crippen LogP contribution in [0, 0.1) is 0 Å². The predicted molar refractivity (Wildman–Crippen MR) is 90.7 cm³/mol. The molecule has 0 aromatic heterocycles. The van der Waals surface area contributed by atoms with E-state index in [9.17, 15) is 154 Å². The minimum atomic E-state index is -8.95. The number of rotatable bonds is 16. The summed E-state index contributed by atoms with van der Waals surface area (Å²) in [5, 5.41) is 0. The lowest BCUT2D eigenvalue weighted by molar-refractivity contribution is -0.558. The maximum atomic E-state index is 13.9. The van der Waals surface area contributed by atoms with Crippen LogP contribution in [0.2, 0.25) is 0 Å². The summed E-state index contributed by atoms with van der Waals surface area (Å²) in [4.78, 5) is 11.1. The van der Waals surface area contributed by atoms with Crippen LogP contribution in [0.15, 0.2) is 0 Å². The lowest BCUT2D eigenvalue weighted by Crippen LogP contribution is -2.69. The highest BCUT2D eigenvalue weighted by molar-refractivity contribution is 5.93. The molecule has 0 spiro atoms. The third kappa shape index (κ3) is 8.48. The summed E-state index contributed by atoms with van der Waals surface area (Å²) in [6, 6.07) is 0. The molecule has 0 amide bonds. The zero-order valence-electron chi connectivity index (χ0n) is 23.4. The molecular weight excluding hydrogens is 930 g/mol. The first-order chi connectivity index (χ1) is 23.5. The Bertz CT molecular complexity index is 1310. The zero-order valence-corrected chi connectivity index (χ0v) is 23.4. The van der Waals surface area contributed by atoms with Gasteiger partial charge in [-0.1, -0.05) is 0 Å². The van der Waals surface area contributed by atoms with Crippen molar-refractivity contribution in [2.24, 2.45) is 0 Å². The minimum Gasteiger partial charge on any atom is -0.285 e. The Labute approximate surface area is 277 Å². The molecule has 0 saturated carbocycles. The van der Waals surface area contributed by atoms with Crippen LogP contribution in [0.3, 0.4) is 0 Å². The van der Waals surface area contributed by atoms with E-state index < -0.39 is 103 Å². The number of ketones is 1. The van der Waals surface area contributed by atoms with Gasteiger partial charge in [-0.15, -0.1) is 0 Å². The topological polar surface area (TPSA) is 54.0 Å². The molecule has 0 heterocycles. The third-order valence-electron chi connectivity index (χ3n) is 5.27. The molecule has 56 heavy (non-hydrogen) atoms. The standard InChI is InChI=1S/C17F34O5/c18-2(19,12(40,41)55-16(48,49)6(26,10(34,35)36)53-14(44,45)4(22,23)8(28,29)30)1(52)3(20,21)13(42,43)56-17(50,51)7(27,11(37,38)39)54-15(46,47)5(24,25)9(31,32)33. The zero-order chi connectivity index (χ0) is 46.4. The first-order valence-electron chi connectivity index (χ1n) is 11.3. The van der Waals surface area contributed by atoms with E-state index in [1.54, 1.807) is 0 Å². The fourth-order valence-corrected chi connectivity index (χ4v) is 2.42. The maximum absolute atomic E-state index is 13.9. The smallest absolute Gasteiger partial charge is 0.285 e. The van der Waals surface area contributed by atoms with E-state index in [-0.39, 0.29) is 0 Å². The minimum absolute atomic E-state index is 0.810. The van der Waals surface area contributed by atoms with Gasteiger partial charge in [0.1, 0.15) is 0 Å². The molecule has 0 aliphatic carbocycles. The quantitative estimate of drug-likeness (QED) is 0.144. The highest BCUT2D eigenvalue weighted by Crippen LogP contribution is 2.59. The number of Topliss-reactive ketones (excluding diaryl/α,β-unsaturated/α-hetero) is 1. The highest BCUT2D eigenvalue weighted by Gasteiger charge is 2.89. The predicted octanol–water partition coefficient (Wildman–Crippen LogP) is 10.3. The summed E-state index contributed by atoms with van der Waals surface area (Å²) in [7, 11) is 0. The van der Waals surface area contributed by atoms with Crippen LogP contribution >= 0.6 is 0 Å². The van der Waals surface area contributed by atoms with Crippen LogP contribution in [0.25, 0.3) is 0 Å². The van der Waals surface area contributed by atoms with Gasteiger partial charge in [0, 0.05) is 0 Å². The normalized spacial score (nSPS) is 18.5. The average Bonchev–Trinajstić information content (AvgIpc) is 2.87. The number of carbonyl (C=O) groups is 1. The van der Waals surface area contributed by atoms with Gasteiger partial charge in [-0.25, -0.2) is 9.47 Å². The van der Waals surface area contributed by atoms with Gasteiger partial charge in [-0.3, -0.25) is 14.3 Å². The van der Waals surface area contributed by atoms with Crippen LogP contribution in [-0.2, 0) is 23.7 Å². The number of hydrogen-bond donors (Lipinski definition) is 0. The fraction of sp³-hybridized carbons (Fsp3) is 0.941. The van der Waals surface area contributed by atoms with E-state index in [0.29, 0.717) is 0 Å². The molecule has 0 fully saturated rings. The van der Waals surface area contributed by atoms with Gasteiger partial charge < -0.3 is 0 Å². The third-order valence-corrected chi connectivity index (χ3v) is 5.27. The van der Waals surface area contributed by atoms with Gasteiger partial charge >= 0.3 is 96.8 Å². The van der Waals surface area contributed by atoms with Crippen LogP contribution in [0.4, 0.5) is 149 Å². The Balaban J connectivity index is 7.22. The second kappa shape index (κ2) is 13.6.